The summed E-state index contributed by atoms with van der Waals surface area (Å²) < 4.78 is 0. The molecule has 3 nitrogen and oxygen atoms in total. The summed E-state index contributed by atoms with van der Waals surface area (Å²) in [6, 6.07) is 10.3. The molecule has 0 bridgehead atoms. The normalized spacial score (nSPS) is 21.6. The second kappa shape index (κ2) is 4.35. The number of carbonyl (C=O) groups excluding carboxylic acids is 1. The molecule has 1 aromatic heterocycles. The van der Waals surface area contributed by atoms with E-state index in [9.17, 15) is 4.79 Å². The van der Waals surface area contributed by atoms with E-state index in [-0.39, 0.29) is 12.1 Å². The molecule has 1 aliphatic carbocycles. The van der Waals surface area contributed by atoms with Crippen molar-refractivity contribution in [1.29, 1.82) is 0 Å². The first-order valence-corrected chi connectivity index (χ1v) is 7.86. The highest BCUT2D eigenvalue weighted by atomic mass is 32.1. The van der Waals surface area contributed by atoms with Gasteiger partial charge < -0.3 is 10.2 Å². The van der Waals surface area contributed by atoms with Gasteiger partial charge in [0.2, 0.25) is 0 Å². The topological polar surface area (TPSA) is 32.3 Å². The summed E-state index contributed by atoms with van der Waals surface area (Å²) in [5.41, 5.74) is 3.00. The standard InChI is InChI=1S/C16H16N2OS/c1-10-8-9-20-14(10)15-17-13-5-3-2-4-12(13)16(19)18(15)11-6-7-11/h2-5,8-9,11,15,17H,6-7H2,1H3/t15-/m1/s1. The van der Waals surface area contributed by atoms with Crippen LogP contribution < -0.4 is 5.32 Å². The highest BCUT2D eigenvalue weighted by Crippen LogP contribution is 2.42. The summed E-state index contributed by atoms with van der Waals surface area (Å²) in [6.07, 6.45) is 2.23. The Morgan fingerprint density at radius 1 is 1.25 bits per heavy atom. The van der Waals surface area contributed by atoms with Crippen molar-refractivity contribution in [1.82, 2.24) is 4.90 Å². The van der Waals surface area contributed by atoms with Crippen LogP contribution in [0, 0.1) is 6.92 Å². The molecule has 1 saturated carbocycles. The van der Waals surface area contributed by atoms with E-state index in [1.807, 2.05) is 29.2 Å². The lowest BCUT2D eigenvalue weighted by Crippen LogP contribution is -2.44. The van der Waals surface area contributed by atoms with Gasteiger partial charge in [0.05, 0.1) is 10.4 Å². The number of nitrogens with zero attached hydrogens (tertiary/aromatic N) is 1. The maximum Gasteiger partial charge on any atom is 0.258 e. The van der Waals surface area contributed by atoms with E-state index in [4.69, 9.17) is 0 Å². The first-order valence-electron chi connectivity index (χ1n) is 6.98. The van der Waals surface area contributed by atoms with Crippen LogP contribution in [0.4, 0.5) is 5.69 Å². The van der Waals surface area contributed by atoms with Gasteiger partial charge in [0.15, 0.2) is 0 Å². The Morgan fingerprint density at radius 3 is 2.75 bits per heavy atom. The van der Waals surface area contributed by atoms with Gasteiger partial charge in [-0.15, -0.1) is 11.3 Å². The minimum Gasteiger partial charge on any atom is -0.360 e. The number of fused-ring (bicyclic) bond motifs is 1. The Kier molecular flexibility index (Phi) is 2.60. The zero-order chi connectivity index (χ0) is 13.7. The van der Waals surface area contributed by atoms with Crippen molar-refractivity contribution in [3.8, 4) is 0 Å². The SMILES string of the molecule is Cc1ccsc1[C@@H]1Nc2ccccc2C(=O)N1C1CC1. The van der Waals surface area contributed by atoms with Crippen LogP contribution in [0.5, 0.6) is 0 Å². The summed E-state index contributed by atoms with van der Waals surface area (Å²) in [4.78, 5) is 16.1. The van der Waals surface area contributed by atoms with Crippen molar-refractivity contribution in [3.05, 3.63) is 51.7 Å². The molecule has 2 heterocycles. The molecule has 1 N–H and O–H groups in total. The van der Waals surface area contributed by atoms with E-state index in [0.29, 0.717) is 6.04 Å². The maximum absolute atomic E-state index is 12.8. The quantitative estimate of drug-likeness (QED) is 0.910. The minimum atomic E-state index is -0.00935. The third kappa shape index (κ3) is 1.75. The summed E-state index contributed by atoms with van der Waals surface area (Å²) in [7, 11) is 0. The fourth-order valence-electron chi connectivity index (χ4n) is 2.85. The van der Waals surface area contributed by atoms with Gasteiger partial charge in [0.1, 0.15) is 6.17 Å². The van der Waals surface area contributed by atoms with Gasteiger partial charge in [-0.05, 0) is 48.9 Å². The molecule has 0 saturated heterocycles. The molecule has 2 aromatic rings. The Balaban J connectivity index is 1.82. The molecule has 2 aliphatic rings. The Morgan fingerprint density at radius 2 is 2.05 bits per heavy atom. The summed E-state index contributed by atoms with van der Waals surface area (Å²) >= 11 is 1.73. The van der Waals surface area contributed by atoms with Gasteiger partial charge in [0.25, 0.3) is 5.91 Å². The lowest BCUT2D eigenvalue weighted by molar-refractivity contribution is 0.0669. The number of anilines is 1. The summed E-state index contributed by atoms with van der Waals surface area (Å²) in [5.74, 6) is 0.166. The molecule has 1 fully saturated rings. The highest BCUT2D eigenvalue weighted by molar-refractivity contribution is 7.10. The van der Waals surface area contributed by atoms with Crippen LogP contribution in [0.25, 0.3) is 0 Å². The van der Waals surface area contributed by atoms with E-state index in [1.165, 1.54) is 10.4 Å². The number of benzene rings is 1. The Hall–Kier alpha value is -1.81. The summed E-state index contributed by atoms with van der Waals surface area (Å²) in [6.45, 7) is 2.11. The molecule has 20 heavy (non-hydrogen) atoms. The molecule has 0 radical (unpaired) electrons. The lowest BCUT2D eigenvalue weighted by Gasteiger charge is -2.38. The summed E-state index contributed by atoms with van der Waals surface area (Å²) in [5, 5.41) is 5.66. The second-order valence-electron chi connectivity index (χ2n) is 5.50. The molecule has 1 amide bonds. The predicted molar refractivity (Wildman–Crippen MR) is 81.1 cm³/mol. The van der Waals surface area contributed by atoms with Crippen molar-refractivity contribution in [3.63, 3.8) is 0 Å². The van der Waals surface area contributed by atoms with Gasteiger partial charge in [-0.3, -0.25) is 4.79 Å². The van der Waals surface area contributed by atoms with Crippen molar-refractivity contribution in [2.45, 2.75) is 32.0 Å². The number of nitrogens with one attached hydrogen (secondary N) is 1. The molecule has 0 spiro atoms. The van der Waals surface area contributed by atoms with Crippen LogP contribution in [0.2, 0.25) is 0 Å². The largest absolute Gasteiger partial charge is 0.360 e. The van der Waals surface area contributed by atoms with Gasteiger partial charge in [-0.25, -0.2) is 0 Å². The number of rotatable bonds is 2. The number of hydrogen-bond acceptors (Lipinski definition) is 3. The smallest absolute Gasteiger partial charge is 0.258 e. The van der Waals surface area contributed by atoms with Crippen LogP contribution in [0.1, 0.15) is 39.8 Å². The minimum absolute atomic E-state index is 0.00935. The van der Waals surface area contributed by atoms with Crippen LogP contribution in [0.3, 0.4) is 0 Å². The fourth-order valence-corrected chi connectivity index (χ4v) is 3.83. The molecule has 1 aromatic carbocycles. The lowest BCUT2D eigenvalue weighted by atomic mass is 10.1. The zero-order valence-electron chi connectivity index (χ0n) is 11.3. The average molecular weight is 284 g/mol. The van der Waals surface area contributed by atoms with Crippen LogP contribution >= 0.6 is 11.3 Å². The van der Waals surface area contributed by atoms with Gasteiger partial charge in [-0.1, -0.05) is 12.1 Å². The van der Waals surface area contributed by atoms with Gasteiger partial charge >= 0.3 is 0 Å². The van der Waals surface area contributed by atoms with Crippen LogP contribution in [-0.2, 0) is 0 Å². The average Bonchev–Trinajstić information content (AvgIpc) is 3.20. The molecule has 1 aliphatic heterocycles. The molecule has 4 heteroatoms. The second-order valence-corrected chi connectivity index (χ2v) is 6.45. The number of carbonyl (C=O) groups is 1. The molecule has 4 rings (SSSR count). The third-order valence-electron chi connectivity index (χ3n) is 4.05. The number of aryl methyl sites for hydroxylation is 1. The van der Waals surface area contributed by atoms with E-state index in [0.717, 1.165) is 24.1 Å². The van der Waals surface area contributed by atoms with Crippen molar-refractivity contribution < 1.29 is 4.79 Å². The van der Waals surface area contributed by atoms with Crippen LogP contribution in [0.15, 0.2) is 35.7 Å². The number of para-hydroxylation sites is 1. The van der Waals surface area contributed by atoms with Crippen LogP contribution in [-0.4, -0.2) is 16.8 Å². The van der Waals surface area contributed by atoms with Crippen molar-refractivity contribution >= 4 is 22.9 Å². The molecular weight excluding hydrogens is 268 g/mol. The zero-order valence-corrected chi connectivity index (χ0v) is 12.1. The molecule has 1 atom stereocenters. The first kappa shape index (κ1) is 12.0. The van der Waals surface area contributed by atoms with E-state index >= 15 is 0 Å². The molecule has 0 unspecified atom stereocenters. The fraction of sp³-hybridized carbons (Fsp3) is 0.312. The van der Waals surface area contributed by atoms with Crippen molar-refractivity contribution in [2.24, 2.45) is 0 Å². The number of thiophene rings is 1. The monoisotopic (exact) mass is 284 g/mol. The molecule has 102 valence electrons. The van der Waals surface area contributed by atoms with E-state index in [1.54, 1.807) is 11.3 Å². The van der Waals surface area contributed by atoms with E-state index < -0.39 is 0 Å². The highest BCUT2D eigenvalue weighted by Gasteiger charge is 2.42. The Labute approximate surface area is 122 Å². The molecular formula is C16H16N2OS. The van der Waals surface area contributed by atoms with E-state index in [2.05, 4.69) is 23.7 Å². The van der Waals surface area contributed by atoms with Gasteiger partial charge in [-0.2, -0.15) is 0 Å². The number of hydrogen-bond donors (Lipinski definition) is 1. The maximum atomic E-state index is 12.8. The first-order chi connectivity index (χ1) is 9.75. The number of amides is 1. The Bertz CT molecular complexity index is 675. The third-order valence-corrected chi connectivity index (χ3v) is 5.12. The van der Waals surface area contributed by atoms with Gasteiger partial charge in [0, 0.05) is 11.7 Å². The van der Waals surface area contributed by atoms with Crippen molar-refractivity contribution in [2.75, 3.05) is 5.32 Å². The predicted octanol–water partition coefficient (Wildman–Crippen LogP) is 3.79.